The summed E-state index contributed by atoms with van der Waals surface area (Å²) in [5.41, 5.74) is 0.460. The minimum Gasteiger partial charge on any atom is -0.298 e. The molecule has 0 aromatic carbocycles. The summed E-state index contributed by atoms with van der Waals surface area (Å²) in [5.74, 6) is 0. The van der Waals surface area contributed by atoms with E-state index in [1.165, 1.54) is 12.4 Å². The Morgan fingerprint density at radius 2 is 2.36 bits per heavy atom. The van der Waals surface area contributed by atoms with Crippen LogP contribution in [0.3, 0.4) is 0 Å². The number of aldehydes is 1. The van der Waals surface area contributed by atoms with Gasteiger partial charge in [0.25, 0.3) is 0 Å². The molecule has 0 saturated carbocycles. The standard InChI is InChI=1S/C7H3ClN2O/c8-7-5(1-9)2-10-3-6(7)4-11/h2-4H. The van der Waals surface area contributed by atoms with E-state index >= 15 is 0 Å². The number of pyridine rings is 1. The van der Waals surface area contributed by atoms with Gasteiger partial charge in [0.1, 0.15) is 6.07 Å². The molecule has 0 unspecified atom stereocenters. The Kier molecular flexibility index (Phi) is 2.19. The first-order chi connectivity index (χ1) is 5.29. The smallest absolute Gasteiger partial charge is 0.153 e. The van der Waals surface area contributed by atoms with Crippen LogP contribution in [0.5, 0.6) is 0 Å². The van der Waals surface area contributed by atoms with Gasteiger partial charge in [-0.3, -0.25) is 9.78 Å². The molecule has 1 aromatic heterocycles. The van der Waals surface area contributed by atoms with Crippen LogP contribution in [0.25, 0.3) is 0 Å². The fourth-order valence-corrected chi connectivity index (χ4v) is 0.805. The maximum absolute atomic E-state index is 10.3. The van der Waals surface area contributed by atoms with Gasteiger partial charge in [0.05, 0.1) is 16.1 Å². The van der Waals surface area contributed by atoms with Gasteiger partial charge in [-0.15, -0.1) is 0 Å². The van der Waals surface area contributed by atoms with E-state index in [4.69, 9.17) is 16.9 Å². The molecule has 0 radical (unpaired) electrons. The predicted octanol–water partition coefficient (Wildman–Crippen LogP) is 1.42. The lowest BCUT2D eigenvalue weighted by molar-refractivity contribution is 0.112. The van der Waals surface area contributed by atoms with Gasteiger partial charge in [-0.2, -0.15) is 5.26 Å². The normalized spacial score (nSPS) is 8.73. The van der Waals surface area contributed by atoms with Crippen molar-refractivity contribution in [2.75, 3.05) is 0 Å². The fourth-order valence-electron chi connectivity index (χ4n) is 0.621. The van der Waals surface area contributed by atoms with Crippen LogP contribution in [-0.2, 0) is 0 Å². The Labute approximate surface area is 68.2 Å². The number of nitrogens with zero attached hydrogens (tertiary/aromatic N) is 2. The van der Waals surface area contributed by atoms with Crippen molar-refractivity contribution in [3.05, 3.63) is 28.5 Å². The fraction of sp³-hybridized carbons (Fsp3) is 0. The average Bonchev–Trinajstić information content (AvgIpc) is 2.05. The molecule has 0 amide bonds. The van der Waals surface area contributed by atoms with Crippen LogP contribution in [0.2, 0.25) is 5.02 Å². The molecule has 4 heteroatoms. The van der Waals surface area contributed by atoms with Crippen molar-refractivity contribution in [3.63, 3.8) is 0 Å². The second kappa shape index (κ2) is 3.13. The van der Waals surface area contributed by atoms with Crippen LogP contribution in [0.15, 0.2) is 12.4 Å². The molecule has 0 aliphatic carbocycles. The number of carbonyl (C=O) groups excluding carboxylic acids is 1. The van der Waals surface area contributed by atoms with Gasteiger partial charge in [-0.05, 0) is 0 Å². The van der Waals surface area contributed by atoms with Gasteiger partial charge < -0.3 is 0 Å². The van der Waals surface area contributed by atoms with Crippen molar-refractivity contribution in [3.8, 4) is 6.07 Å². The lowest BCUT2D eigenvalue weighted by atomic mass is 10.2. The second-order valence-corrected chi connectivity index (χ2v) is 2.20. The van der Waals surface area contributed by atoms with Gasteiger partial charge in [-0.1, -0.05) is 11.6 Å². The molecule has 1 heterocycles. The van der Waals surface area contributed by atoms with Gasteiger partial charge in [0.2, 0.25) is 0 Å². The SMILES string of the molecule is N#Cc1cncc(C=O)c1Cl. The highest BCUT2D eigenvalue weighted by Gasteiger charge is 2.03. The second-order valence-electron chi connectivity index (χ2n) is 1.82. The summed E-state index contributed by atoms with van der Waals surface area (Å²) >= 11 is 5.62. The first kappa shape index (κ1) is 7.70. The number of rotatable bonds is 1. The van der Waals surface area contributed by atoms with Gasteiger partial charge >= 0.3 is 0 Å². The highest BCUT2D eigenvalue weighted by atomic mass is 35.5. The summed E-state index contributed by atoms with van der Waals surface area (Å²) in [6, 6.07) is 1.82. The third kappa shape index (κ3) is 1.36. The molecule has 0 N–H and O–H groups in total. The zero-order valence-electron chi connectivity index (χ0n) is 5.41. The van der Waals surface area contributed by atoms with Crippen molar-refractivity contribution >= 4 is 17.9 Å². The highest BCUT2D eigenvalue weighted by Crippen LogP contribution is 2.16. The van der Waals surface area contributed by atoms with Crippen LogP contribution in [-0.4, -0.2) is 11.3 Å². The quantitative estimate of drug-likeness (QED) is 0.593. The Morgan fingerprint density at radius 3 is 2.91 bits per heavy atom. The number of carbonyl (C=O) groups is 1. The third-order valence-corrected chi connectivity index (χ3v) is 1.58. The molecule has 0 bridgehead atoms. The Morgan fingerprint density at radius 1 is 1.64 bits per heavy atom. The molecule has 0 aliphatic heterocycles. The molecule has 0 fully saturated rings. The maximum Gasteiger partial charge on any atom is 0.153 e. The summed E-state index contributed by atoms with van der Waals surface area (Å²) < 4.78 is 0. The van der Waals surface area contributed by atoms with E-state index in [0.717, 1.165) is 0 Å². The van der Waals surface area contributed by atoms with E-state index in [0.29, 0.717) is 6.29 Å². The Balaban J connectivity index is 3.34. The molecule has 1 rings (SSSR count). The predicted molar refractivity (Wildman–Crippen MR) is 39.3 cm³/mol. The number of aromatic nitrogens is 1. The lowest BCUT2D eigenvalue weighted by Crippen LogP contribution is -1.87. The van der Waals surface area contributed by atoms with E-state index in [1.807, 2.05) is 6.07 Å². The molecule has 0 atom stereocenters. The number of hydrogen-bond acceptors (Lipinski definition) is 3. The molecule has 11 heavy (non-hydrogen) atoms. The summed E-state index contributed by atoms with van der Waals surface area (Å²) in [7, 11) is 0. The van der Waals surface area contributed by atoms with Crippen molar-refractivity contribution in [1.82, 2.24) is 4.98 Å². The van der Waals surface area contributed by atoms with Crippen LogP contribution < -0.4 is 0 Å². The summed E-state index contributed by atoms with van der Waals surface area (Å²) in [6.07, 6.45) is 3.20. The van der Waals surface area contributed by atoms with Gasteiger partial charge in [0, 0.05) is 12.4 Å². The van der Waals surface area contributed by atoms with E-state index in [2.05, 4.69) is 4.98 Å². The molecule has 1 aromatic rings. The van der Waals surface area contributed by atoms with Crippen LogP contribution in [0.1, 0.15) is 15.9 Å². The summed E-state index contributed by atoms with van der Waals surface area (Å²) in [5, 5.41) is 8.61. The van der Waals surface area contributed by atoms with E-state index < -0.39 is 0 Å². The number of hydrogen-bond donors (Lipinski definition) is 0. The average molecular weight is 167 g/mol. The molecule has 0 aliphatic rings. The molecule has 0 saturated heterocycles. The van der Waals surface area contributed by atoms with Crippen LogP contribution >= 0.6 is 11.6 Å². The monoisotopic (exact) mass is 166 g/mol. The highest BCUT2D eigenvalue weighted by molar-refractivity contribution is 6.33. The van der Waals surface area contributed by atoms with Crippen LogP contribution in [0, 0.1) is 11.3 Å². The largest absolute Gasteiger partial charge is 0.298 e. The van der Waals surface area contributed by atoms with Crippen molar-refractivity contribution < 1.29 is 4.79 Å². The Hall–Kier alpha value is -1.40. The van der Waals surface area contributed by atoms with E-state index in [9.17, 15) is 4.79 Å². The third-order valence-electron chi connectivity index (χ3n) is 1.15. The van der Waals surface area contributed by atoms with E-state index in [-0.39, 0.29) is 16.1 Å². The minimum absolute atomic E-state index is 0.164. The maximum atomic E-state index is 10.3. The zero-order chi connectivity index (χ0) is 8.27. The molecular weight excluding hydrogens is 164 g/mol. The zero-order valence-corrected chi connectivity index (χ0v) is 6.17. The van der Waals surface area contributed by atoms with Crippen molar-refractivity contribution in [1.29, 1.82) is 5.26 Å². The first-order valence-corrected chi connectivity index (χ1v) is 3.16. The van der Waals surface area contributed by atoms with Crippen molar-refractivity contribution in [2.45, 2.75) is 0 Å². The number of halogens is 1. The topological polar surface area (TPSA) is 53.8 Å². The first-order valence-electron chi connectivity index (χ1n) is 2.78. The lowest BCUT2D eigenvalue weighted by Gasteiger charge is -1.94. The van der Waals surface area contributed by atoms with E-state index in [1.54, 1.807) is 0 Å². The molecular formula is C7H3ClN2O. The molecule has 54 valence electrons. The molecule has 0 spiro atoms. The Bertz CT molecular complexity index is 330. The number of nitriles is 1. The minimum atomic E-state index is 0.164. The van der Waals surface area contributed by atoms with Gasteiger partial charge in [0.15, 0.2) is 6.29 Å². The summed E-state index contributed by atoms with van der Waals surface area (Å²) in [6.45, 7) is 0. The van der Waals surface area contributed by atoms with Crippen molar-refractivity contribution in [2.24, 2.45) is 0 Å². The molecule has 3 nitrogen and oxygen atoms in total. The van der Waals surface area contributed by atoms with Gasteiger partial charge in [-0.25, -0.2) is 0 Å². The van der Waals surface area contributed by atoms with Crippen LogP contribution in [0.4, 0.5) is 0 Å². The summed E-state index contributed by atoms with van der Waals surface area (Å²) in [4.78, 5) is 13.9.